The third kappa shape index (κ3) is 3.64. The van der Waals surface area contributed by atoms with E-state index >= 15 is 0 Å². The lowest BCUT2D eigenvalue weighted by molar-refractivity contribution is -0.387. The first-order valence-electron chi connectivity index (χ1n) is 5.16. The molecule has 19 heavy (non-hydrogen) atoms. The maximum atomic E-state index is 13.2. The average molecular weight is 268 g/mol. The molecule has 0 aliphatic heterocycles. The molecule has 8 heteroatoms. The van der Waals surface area contributed by atoms with Crippen molar-refractivity contribution in [3.05, 3.63) is 33.6 Å². The fourth-order valence-electron chi connectivity index (χ4n) is 1.23. The van der Waals surface area contributed by atoms with Crippen LogP contribution in [0.25, 0.3) is 0 Å². The Morgan fingerprint density at radius 2 is 2.26 bits per heavy atom. The summed E-state index contributed by atoms with van der Waals surface area (Å²) >= 11 is 0. The van der Waals surface area contributed by atoms with Crippen LogP contribution in [0, 0.1) is 27.3 Å². The van der Waals surface area contributed by atoms with Gasteiger partial charge >= 0.3 is 11.7 Å². The molecule has 1 aromatic rings. The summed E-state index contributed by atoms with van der Waals surface area (Å²) in [7, 11) is 0. The van der Waals surface area contributed by atoms with Crippen LogP contribution in [0.4, 0.5) is 10.1 Å². The lowest BCUT2D eigenvalue weighted by Gasteiger charge is -2.07. The normalized spacial score (nSPS) is 9.53. The number of ether oxygens (including phenoxy) is 2. The molecule has 0 aliphatic rings. The number of nitriles is 1. The number of rotatable bonds is 5. The van der Waals surface area contributed by atoms with Gasteiger partial charge in [0.15, 0.2) is 6.61 Å². The monoisotopic (exact) mass is 268 g/mol. The van der Waals surface area contributed by atoms with Crippen LogP contribution in [0.15, 0.2) is 12.1 Å². The van der Waals surface area contributed by atoms with E-state index in [1.54, 1.807) is 13.0 Å². The first-order valence-corrected chi connectivity index (χ1v) is 5.16. The number of hydrogen-bond donors (Lipinski definition) is 0. The highest BCUT2D eigenvalue weighted by Gasteiger charge is 2.19. The number of nitrogens with zero attached hydrogens (tertiary/aromatic N) is 2. The van der Waals surface area contributed by atoms with Crippen LogP contribution in [-0.4, -0.2) is 24.1 Å². The summed E-state index contributed by atoms with van der Waals surface area (Å²) < 4.78 is 22.8. The van der Waals surface area contributed by atoms with E-state index < -0.39 is 29.0 Å². The van der Waals surface area contributed by atoms with E-state index in [0.717, 1.165) is 6.07 Å². The van der Waals surface area contributed by atoms with Crippen LogP contribution < -0.4 is 4.74 Å². The molecule has 0 heterocycles. The predicted molar refractivity (Wildman–Crippen MR) is 59.9 cm³/mol. The third-order valence-corrected chi connectivity index (χ3v) is 2.02. The first kappa shape index (κ1) is 14.4. The van der Waals surface area contributed by atoms with Crippen molar-refractivity contribution in [2.45, 2.75) is 6.92 Å². The first-order chi connectivity index (χ1) is 8.99. The van der Waals surface area contributed by atoms with Crippen molar-refractivity contribution < 1.29 is 23.6 Å². The highest BCUT2D eigenvalue weighted by molar-refractivity contribution is 5.71. The molecule has 0 unspecified atom stereocenters. The summed E-state index contributed by atoms with van der Waals surface area (Å²) in [6.07, 6.45) is 0. The van der Waals surface area contributed by atoms with Gasteiger partial charge in [-0.3, -0.25) is 10.1 Å². The van der Waals surface area contributed by atoms with E-state index in [9.17, 15) is 19.3 Å². The van der Waals surface area contributed by atoms with Gasteiger partial charge in [0.1, 0.15) is 11.8 Å². The number of carbonyl (C=O) groups is 1. The molecule has 0 saturated carbocycles. The van der Waals surface area contributed by atoms with Gasteiger partial charge in [-0.05, 0) is 6.92 Å². The van der Waals surface area contributed by atoms with E-state index in [0.29, 0.717) is 6.07 Å². The Morgan fingerprint density at radius 1 is 1.58 bits per heavy atom. The van der Waals surface area contributed by atoms with Gasteiger partial charge in [-0.1, -0.05) is 0 Å². The van der Waals surface area contributed by atoms with Gasteiger partial charge in [0.05, 0.1) is 23.2 Å². The molecule has 0 atom stereocenters. The van der Waals surface area contributed by atoms with Gasteiger partial charge in [-0.15, -0.1) is 0 Å². The molecule has 0 aliphatic carbocycles. The zero-order chi connectivity index (χ0) is 14.4. The van der Waals surface area contributed by atoms with Crippen molar-refractivity contribution in [1.82, 2.24) is 0 Å². The lowest BCUT2D eigenvalue weighted by Crippen LogP contribution is -2.15. The summed E-state index contributed by atoms with van der Waals surface area (Å²) in [6.45, 7) is 1.23. The van der Waals surface area contributed by atoms with Crippen LogP contribution in [0.2, 0.25) is 0 Å². The fraction of sp³-hybridized carbons (Fsp3) is 0.273. The van der Waals surface area contributed by atoms with E-state index in [1.165, 1.54) is 0 Å². The zero-order valence-corrected chi connectivity index (χ0v) is 9.88. The van der Waals surface area contributed by atoms with Crippen molar-refractivity contribution in [3.8, 4) is 11.8 Å². The Hall–Kier alpha value is -2.69. The Balaban J connectivity index is 2.99. The molecule has 7 nitrogen and oxygen atoms in total. The van der Waals surface area contributed by atoms with Crippen LogP contribution in [0.1, 0.15) is 12.5 Å². The third-order valence-electron chi connectivity index (χ3n) is 2.02. The number of nitro groups is 1. The molecular weight excluding hydrogens is 259 g/mol. The SMILES string of the molecule is CCOC(=O)COc1cc([N+](=O)[O-])c(F)cc1C#N. The zero-order valence-electron chi connectivity index (χ0n) is 9.88. The Bertz CT molecular complexity index is 553. The van der Waals surface area contributed by atoms with Crippen molar-refractivity contribution in [3.63, 3.8) is 0 Å². The van der Waals surface area contributed by atoms with Crippen molar-refractivity contribution >= 4 is 11.7 Å². The molecule has 0 amide bonds. The molecule has 100 valence electrons. The van der Waals surface area contributed by atoms with Gasteiger partial charge in [-0.25, -0.2) is 4.79 Å². The Kier molecular flexibility index (Phi) is 4.76. The Morgan fingerprint density at radius 3 is 2.79 bits per heavy atom. The number of hydrogen-bond acceptors (Lipinski definition) is 6. The van der Waals surface area contributed by atoms with Crippen molar-refractivity contribution in [2.75, 3.05) is 13.2 Å². The fourth-order valence-corrected chi connectivity index (χ4v) is 1.23. The maximum Gasteiger partial charge on any atom is 0.344 e. The van der Waals surface area contributed by atoms with Crippen molar-refractivity contribution in [1.29, 1.82) is 5.26 Å². The second-order valence-corrected chi connectivity index (χ2v) is 3.26. The number of benzene rings is 1. The molecule has 0 saturated heterocycles. The summed E-state index contributed by atoms with van der Waals surface area (Å²) in [5.41, 5.74) is -1.08. The van der Waals surface area contributed by atoms with Gasteiger partial charge in [-0.2, -0.15) is 9.65 Å². The molecule has 0 fully saturated rings. The summed E-state index contributed by atoms with van der Waals surface area (Å²) in [5, 5.41) is 19.3. The van der Waals surface area contributed by atoms with E-state index in [1.807, 2.05) is 0 Å². The van der Waals surface area contributed by atoms with Gasteiger partial charge in [0.25, 0.3) is 0 Å². The minimum Gasteiger partial charge on any atom is -0.480 e. The molecule has 0 aromatic heterocycles. The largest absolute Gasteiger partial charge is 0.480 e. The van der Waals surface area contributed by atoms with Crippen LogP contribution in [0.3, 0.4) is 0 Å². The quantitative estimate of drug-likeness (QED) is 0.456. The molecule has 1 aromatic carbocycles. The van der Waals surface area contributed by atoms with Gasteiger partial charge in [0, 0.05) is 6.07 Å². The van der Waals surface area contributed by atoms with Crippen LogP contribution in [-0.2, 0) is 9.53 Å². The van der Waals surface area contributed by atoms with E-state index in [2.05, 4.69) is 4.74 Å². The maximum absolute atomic E-state index is 13.2. The number of carbonyl (C=O) groups excluding carboxylic acids is 1. The van der Waals surface area contributed by atoms with Crippen LogP contribution >= 0.6 is 0 Å². The Labute approximate surface area is 107 Å². The summed E-state index contributed by atoms with van der Waals surface area (Å²) in [4.78, 5) is 20.7. The number of esters is 1. The minimum atomic E-state index is -1.15. The second-order valence-electron chi connectivity index (χ2n) is 3.26. The highest BCUT2D eigenvalue weighted by atomic mass is 19.1. The lowest BCUT2D eigenvalue weighted by atomic mass is 10.2. The van der Waals surface area contributed by atoms with Crippen LogP contribution in [0.5, 0.6) is 5.75 Å². The molecule has 0 bridgehead atoms. The second kappa shape index (κ2) is 6.30. The smallest absolute Gasteiger partial charge is 0.344 e. The van der Waals surface area contributed by atoms with Gasteiger partial charge in [0.2, 0.25) is 5.82 Å². The van der Waals surface area contributed by atoms with Crippen molar-refractivity contribution in [2.24, 2.45) is 0 Å². The van der Waals surface area contributed by atoms with E-state index in [4.69, 9.17) is 10.00 Å². The molecule has 0 spiro atoms. The minimum absolute atomic E-state index is 0.150. The molecule has 0 N–H and O–H groups in total. The predicted octanol–water partition coefficient (Wildman–Crippen LogP) is 1.55. The summed E-state index contributed by atoms with van der Waals surface area (Å²) in [5.74, 6) is -2.09. The molecule has 1 rings (SSSR count). The average Bonchev–Trinajstić information content (AvgIpc) is 2.36. The van der Waals surface area contributed by atoms with E-state index in [-0.39, 0.29) is 17.9 Å². The standard InChI is InChI=1S/C11H9FN2O5/c1-2-18-11(15)6-19-10-4-9(14(16)17)8(12)3-7(10)5-13/h3-4H,2,6H2,1H3. The molecular formula is C11H9FN2O5. The number of halogens is 1. The van der Waals surface area contributed by atoms with Gasteiger partial charge < -0.3 is 9.47 Å². The topological polar surface area (TPSA) is 102 Å². The molecule has 0 radical (unpaired) electrons. The number of nitro benzene ring substituents is 1. The highest BCUT2D eigenvalue weighted by Crippen LogP contribution is 2.27. The summed E-state index contributed by atoms with van der Waals surface area (Å²) in [6, 6.07) is 3.05.